The second kappa shape index (κ2) is 7.40. The third kappa shape index (κ3) is 3.54. The van der Waals surface area contributed by atoms with Crippen LogP contribution in [0.15, 0.2) is 42.7 Å². The molecule has 5 nitrogen and oxygen atoms in total. The van der Waals surface area contributed by atoms with Crippen LogP contribution in [0.1, 0.15) is 24.8 Å². The highest BCUT2D eigenvalue weighted by molar-refractivity contribution is 5.77. The molecule has 0 N–H and O–H groups in total. The molecular weight excluding hydrogens is 331 g/mol. The van der Waals surface area contributed by atoms with E-state index in [-0.39, 0.29) is 11.9 Å². The highest BCUT2D eigenvalue weighted by Gasteiger charge is 2.39. The largest absolute Gasteiger partial charge is 0.340 e. The maximum atomic E-state index is 13.1. The van der Waals surface area contributed by atoms with Gasteiger partial charge < -0.3 is 9.80 Å². The van der Waals surface area contributed by atoms with Crippen molar-refractivity contribution >= 4 is 11.9 Å². The molecular formula is C20H23FN4O. The first-order valence-electron chi connectivity index (χ1n) is 9.26. The van der Waals surface area contributed by atoms with Crippen LogP contribution in [0.4, 0.5) is 10.3 Å². The number of piperidine rings is 2. The molecule has 0 unspecified atom stereocenters. The summed E-state index contributed by atoms with van der Waals surface area (Å²) >= 11 is 0. The molecule has 3 heterocycles. The number of amides is 1. The molecule has 0 radical (unpaired) electrons. The summed E-state index contributed by atoms with van der Waals surface area (Å²) in [7, 11) is 0. The highest BCUT2D eigenvalue weighted by atomic mass is 19.1. The maximum Gasteiger partial charge on any atom is 0.225 e. The Bertz CT molecular complexity index is 752. The normalized spacial score (nSPS) is 23.0. The average Bonchev–Trinajstić information content (AvgIpc) is 2.68. The lowest BCUT2D eigenvalue weighted by atomic mass is 9.83. The molecule has 2 aromatic rings. The zero-order valence-corrected chi connectivity index (χ0v) is 14.7. The van der Waals surface area contributed by atoms with Crippen LogP contribution in [0, 0.1) is 11.7 Å². The molecule has 2 aliphatic heterocycles. The summed E-state index contributed by atoms with van der Waals surface area (Å²) in [4.78, 5) is 24.9. The number of rotatable bonds is 4. The zero-order valence-electron chi connectivity index (χ0n) is 14.7. The van der Waals surface area contributed by atoms with E-state index in [1.165, 1.54) is 18.0 Å². The molecule has 2 fully saturated rings. The Labute approximate surface area is 152 Å². The van der Waals surface area contributed by atoms with E-state index >= 15 is 0 Å². The van der Waals surface area contributed by atoms with Gasteiger partial charge in [-0.05, 0) is 30.7 Å². The highest BCUT2D eigenvalue weighted by Crippen LogP contribution is 2.32. The maximum absolute atomic E-state index is 13.1. The lowest BCUT2D eigenvalue weighted by Crippen LogP contribution is -2.56. The Kier molecular flexibility index (Phi) is 4.82. The van der Waals surface area contributed by atoms with Gasteiger partial charge >= 0.3 is 0 Å². The van der Waals surface area contributed by atoms with Crippen LogP contribution in [0.5, 0.6) is 0 Å². The minimum atomic E-state index is -0.418. The molecule has 26 heavy (non-hydrogen) atoms. The molecule has 0 spiro atoms. The minimum Gasteiger partial charge on any atom is -0.340 e. The third-order valence-corrected chi connectivity index (χ3v) is 5.52. The Morgan fingerprint density at radius 3 is 2.65 bits per heavy atom. The molecule has 0 saturated carbocycles. The molecule has 1 amide bonds. The lowest BCUT2D eigenvalue weighted by molar-refractivity contribution is -0.139. The number of nitrogens with zero attached hydrogens (tertiary/aromatic N) is 4. The van der Waals surface area contributed by atoms with Crippen molar-refractivity contribution in [2.75, 3.05) is 24.5 Å². The standard InChI is InChI=1S/C20H23FN4O/c21-17-12-22-20(23-13-17)24-10-9-18-16(14-24)6-7-19(26)25(18)11-8-15-4-2-1-3-5-15/h1-5,12-13,16,18H,6-11,14H2/t16-,18+/m1/s1. The first kappa shape index (κ1) is 16.9. The average molecular weight is 354 g/mol. The van der Waals surface area contributed by atoms with Crippen molar-refractivity contribution in [1.29, 1.82) is 0 Å². The van der Waals surface area contributed by atoms with E-state index < -0.39 is 5.82 Å². The fourth-order valence-electron chi connectivity index (χ4n) is 4.19. The predicted molar refractivity (Wildman–Crippen MR) is 97.2 cm³/mol. The van der Waals surface area contributed by atoms with E-state index in [2.05, 4.69) is 31.9 Å². The van der Waals surface area contributed by atoms with Crippen molar-refractivity contribution in [2.24, 2.45) is 5.92 Å². The number of carbonyl (C=O) groups is 1. The van der Waals surface area contributed by atoms with Gasteiger partial charge in [-0.25, -0.2) is 14.4 Å². The van der Waals surface area contributed by atoms with E-state index in [4.69, 9.17) is 0 Å². The van der Waals surface area contributed by atoms with Gasteiger partial charge in [-0.1, -0.05) is 30.3 Å². The number of carbonyl (C=O) groups excluding carboxylic acids is 1. The molecule has 1 aromatic carbocycles. The molecule has 2 saturated heterocycles. The number of halogens is 1. The molecule has 0 aliphatic carbocycles. The van der Waals surface area contributed by atoms with Gasteiger partial charge in [0.05, 0.1) is 12.4 Å². The smallest absolute Gasteiger partial charge is 0.225 e. The number of fused-ring (bicyclic) bond motifs is 1. The van der Waals surface area contributed by atoms with Crippen molar-refractivity contribution in [2.45, 2.75) is 31.7 Å². The Hall–Kier alpha value is -2.50. The first-order valence-corrected chi connectivity index (χ1v) is 9.26. The summed E-state index contributed by atoms with van der Waals surface area (Å²) in [5, 5.41) is 0. The summed E-state index contributed by atoms with van der Waals surface area (Å²) in [6.07, 6.45) is 5.74. The Morgan fingerprint density at radius 1 is 1.12 bits per heavy atom. The number of benzene rings is 1. The summed E-state index contributed by atoms with van der Waals surface area (Å²) in [5.74, 6) is 0.858. The van der Waals surface area contributed by atoms with Gasteiger partial charge in [0, 0.05) is 32.1 Å². The Balaban J connectivity index is 1.42. The van der Waals surface area contributed by atoms with Gasteiger partial charge in [-0.15, -0.1) is 0 Å². The third-order valence-electron chi connectivity index (χ3n) is 5.52. The minimum absolute atomic E-state index is 0.272. The van der Waals surface area contributed by atoms with E-state index in [1.807, 2.05) is 18.2 Å². The van der Waals surface area contributed by atoms with E-state index in [0.29, 0.717) is 18.3 Å². The van der Waals surface area contributed by atoms with E-state index in [9.17, 15) is 9.18 Å². The lowest BCUT2D eigenvalue weighted by Gasteiger charge is -2.47. The van der Waals surface area contributed by atoms with Gasteiger partial charge in [0.25, 0.3) is 0 Å². The molecule has 0 bridgehead atoms. The van der Waals surface area contributed by atoms with E-state index in [0.717, 1.165) is 38.9 Å². The fourth-order valence-corrected chi connectivity index (χ4v) is 4.19. The predicted octanol–water partition coefficient (Wildman–Crippen LogP) is 2.68. The monoisotopic (exact) mass is 354 g/mol. The van der Waals surface area contributed by atoms with Crippen molar-refractivity contribution < 1.29 is 9.18 Å². The fraction of sp³-hybridized carbons (Fsp3) is 0.450. The summed E-state index contributed by atoms with van der Waals surface area (Å²) in [5.41, 5.74) is 1.26. The summed E-state index contributed by atoms with van der Waals surface area (Å²) in [6, 6.07) is 10.6. The molecule has 2 atom stereocenters. The molecule has 2 aliphatic rings. The quantitative estimate of drug-likeness (QED) is 0.847. The van der Waals surface area contributed by atoms with Crippen LogP contribution in [0.3, 0.4) is 0 Å². The number of likely N-dealkylation sites (tertiary alicyclic amines) is 1. The van der Waals surface area contributed by atoms with Crippen LogP contribution < -0.4 is 4.90 Å². The van der Waals surface area contributed by atoms with Crippen LogP contribution in [-0.4, -0.2) is 46.5 Å². The molecule has 1 aromatic heterocycles. The molecule has 6 heteroatoms. The van der Waals surface area contributed by atoms with Crippen LogP contribution in [0.2, 0.25) is 0 Å². The second-order valence-electron chi connectivity index (χ2n) is 7.12. The second-order valence-corrected chi connectivity index (χ2v) is 7.12. The zero-order chi connectivity index (χ0) is 17.9. The van der Waals surface area contributed by atoms with Crippen LogP contribution >= 0.6 is 0 Å². The van der Waals surface area contributed by atoms with Gasteiger partial charge in [0.2, 0.25) is 11.9 Å². The van der Waals surface area contributed by atoms with Gasteiger partial charge in [0.15, 0.2) is 5.82 Å². The Morgan fingerprint density at radius 2 is 1.88 bits per heavy atom. The number of aromatic nitrogens is 2. The number of hydrogen-bond acceptors (Lipinski definition) is 4. The number of anilines is 1. The summed E-state index contributed by atoms with van der Waals surface area (Å²) in [6.45, 7) is 2.39. The molecule has 136 valence electrons. The summed E-state index contributed by atoms with van der Waals surface area (Å²) < 4.78 is 13.1. The van der Waals surface area contributed by atoms with Crippen molar-refractivity contribution in [3.63, 3.8) is 0 Å². The van der Waals surface area contributed by atoms with Crippen molar-refractivity contribution in [3.05, 3.63) is 54.1 Å². The van der Waals surface area contributed by atoms with Crippen molar-refractivity contribution in [1.82, 2.24) is 14.9 Å². The van der Waals surface area contributed by atoms with Crippen LogP contribution in [0.25, 0.3) is 0 Å². The van der Waals surface area contributed by atoms with Gasteiger partial charge in [-0.3, -0.25) is 4.79 Å². The van der Waals surface area contributed by atoms with Crippen molar-refractivity contribution in [3.8, 4) is 0 Å². The number of hydrogen-bond donors (Lipinski definition) is 0. The molecule has 4 rings (SSSR count). The van der Waals surface area contributed by atoms with E-state index in [1.54, 1.807) is 0 Å². The van der Waals surface area contributed by atoms with Gasteiger partial charge in [0.1, 0.15) is 0 Å². The SMILES string of the molecule is O=C1CC[C@@H]2CN(c3ncc(F)cn3)CC[C@@H]2N1CCc1ccccc1. The van der Waals surface area contributed by atoms with Crippen LogP contribution in [-0.2, 0) is 11.2 Å². The topological polar surface area (TPSA) is 49.3 Å². The first-order chi connectivity index (χ1) is 12.7. The van der Waals surface area contributed by atoms with Gasteiger partial charge in [-0.2, -0.15) is 0 Å².